The molecule has 1 rings (SSSR count). The Bertz CT molecular complexity index is 366. The van der Waals surface area contributed by atoms with E-state index in [0.717, 1.165) is 5.56 Å². The average Bonchev–Trinajstić information content (AvgIpc) is 2.19. The van der Waals surface area contributed by atoms with E-state index < -0.39 is 5.97 Å². The lowest BCUT2D eigenvalue weighted by Crippen LogP contribution is -2.18. The van der Waals surface area contributed by atoms with Crippen molar-refractivity contribution in [2.45, 2.75) is 19.4 Å². The first-order valence-electron chi connectivity index (χ1n) is 4.70. The number of phenols is 1. The number of benzene rings is 1. The van der Waals surface area contributed by atoms with E-state index in [4.69, 9.17) is 5.73 Å². The van der Waals surface area contributed by atoms with Crippen LogP contribution in [0.4, 0.5) is 0 Å². The number of ether oxygens (including phenoxy) is 1. The van der Waals surface area contributed by atoms with E-state index >= 15 is 0 Å². The molecule has 1 aromatic carbocycles. The molecule has 0 aromatic heterocycles. The minimum atomic E-state index is -0.543. The predicted octanol–water partition coefficient (Wildman–Crippen LogP) is 1.49. The number of carbonyl (C=O) groups is 1. The van der Waals surface area contributed by atoms with Crippen molar-refractivity contribution in [3.8, 4) is 5.75 Å². The molecule has 0 aliphatic rings. The molecule has 0 radical (unpaired) electrons. The van der Waals surface area contributed by atoms with Crippen LogP contribution in [0.1, 0.15) is 22.8 Å². The van der Waals surface area contributed by atoms with Gasteiger partial charge in [-0.3, -0.25) is 0 Å². The third-order valence-electron chi connectivity index (χ3n) is 2.02. The molecule has 0 bridgehead atoms. The molecule has 4 nitrogen and oxygen atoms in total. The summed E-state index contributed by atoms with van der Waals surface area (Å²) in [6.07, 6.45) is 0.657. The fourth-order valence-corrected chi connectivity index (χ4v) is 1.36. The summed E-state index contributed by atoms with van der Waals surface area (Å²) in [6, 6.07) is 4.83. The quantitative estimate of drug-likeness (QED) is 0.792. The Hall–Kier alpha value is -1.26. The molecule has 3 N–H and O–H groups in total. The van der Waals surface area contributed by atoms with Crippen LogP contribution < -0.4 is 5.73 Å². The number of hydrogen-bond acceptors (Lipinski definition) is 4. The summed E-state index contributed by atoms with van der Waals surface area (Å²) in [4.78, 5) is 11.3. The minimum Gasteiger partial charge on any atom is -0.507 e. The first-order valence-corrected chi connectivity index (χ1v) is 4.70. The second-order valence-electron chi connectivity index (χ2n) is 3.52. The van der Waals surface area contributed by atoms with Gasteiger partial charge in [-0.1, -0.05) is 6.07 Å². The summed E-state index contributed by atoms with van der Waals surface area (Å²) in [5.74, 6) is -0.616. The summed E-state index contributed by atoms with van der Waals surface area (Å²) in [6.45, 7) is 1.88. The Kier molecular flexibility index (Phi) is 5.85. The van der Waals surface area contributed by atoms with Gasteiger partial charge in [-0.25, -0.2) is 4.79 Å². The number of methoxy groups -OCH3 is 1. The van der Waals surface area contributed by atoms with Gasteiger partial charge in [0.2, 0.25) is 0 Å². The number of aromatic hydroxyl groups is 1. The molecule has 0 saturated heterocycles. The molecule has 0 aliphatic heterocycles. The van der Waals surface area contributed by atoms with Crippen LogP contribution in [0.5, 0.6) is 5.75 Å². The van der Waals surface area contributed by atoms with Crippen molar-refractivity contribution in [2.75, 3.05) is 7.11 Å². The Morgan fingerprint density at radius 2 is 2.19 bits per heavy atom. The highest BCUT2D eigenvalue weighted by atomic mass is 35.5. The molecule has 0 heterocycles. The van der Waals surface area contributed by atoms with Crippen molar-refractivity contribution in [3.05, 3.63) is 29.3 Å². The van der Waals surface area contributed by atoms with Gasteiger partial charge >= 0.3 is 5.97 Å². The van der Waals surface area contributed by atoms with Crippen molar-refractivity contribution in [1.82, 2.24) is 0 Å². The third kappa shape index (κ3) is 3.72. The monoisotopic (exact) mass is 245 g/mol. The number of halogens is 1. The second-order valence-corrected chi connectivity index (χ2v) is 3.52. The van der Waals surface area contributed by atoms with E-state index in [1.165, 1.54) is 13.2 Å². The van der Waals surface area contributed by atoms with Crippen LogP contribution in [0.15, 0.2) is 18.2 Å². The maximum Gasteiger partial charge on any atom is 0.341 e. The minimum absolute atomic E-state index is 0. The van der Waals surface area contributed by atoms with Crippen molar-refractivity contribution in [1.29, 1.82) is 0 Å². The van der Waals surface area contributed by atoms with Crippen LogP contribution in [-0.4, -0.2) is 24.2 Å². The maximum atomic E-state index is 11.3. The highest BCUT2D eigenvalue weighted by Crippen LogP contribution is 2.19. The zero-order chi connectivity index (χ0) is 11.4. The number of nitrogens with two attached hydrogens (primary N) is 1. The molecule has 0 saturated carbocycles. The topological polar surface area (TPSA) is 72.5 Å². The molecule has 16 heavy (non-hydrogen) atoms. The van der Waals surface area contributed by atoms with Crippen LogP contribution in [0.3, 0.4) is 0 Å². The Morgan fingerprint density at radius 1 is 1.56 bits per heavy atom. The molecule has 1 unspecified atom stereocenters. The standard InChI is InChI=1S/C11H15NO3.ClH/c1-7(12)5-8-3-4-10(13)9(6-8)11(14)15-2;/h3-4,6-7,13H,5,12H2,1-2H3;1H. The summed E-state index contributed by atoms with van der Waals surface area (Å²) in [5, 5.41) is 9.44. The van der Waals surface area contributed by atoms with Crippen LogP contribution in [0.2, 0.25) is 0 Å². The van der Waals surface area contributed by atoms with Gasteiger partial charge in [-0.2, -0.15) is 0 Å². The van der Waals surface area contributed by atoms with E-state index in [2.05, 4.69) is 4.74 Å². The molecule has 0 spiro atoms. The molecule has 0 fully saturated rings. The first kappa shape index (κ1) is 14.7. The predicted molar refractivity (Wildman–Crippen MR) is 64.0 cm³/mol. The highest BCUT2D eigenvalue weighted by Gasteiger charge is 2.12. The Labute approximate surface area is 101 Å². The summed E-state index contributed by atoms with van der Waals surface area (Å²) in [5.41, 5.74) is 6.72. The Balaban J connectivity index is 0.00000225. The number of phenolic OH excluding ortho intramolecular Hbond substituents is 1. The van der Waals surface area contributed by atoms with Crippen LogP contribution >= 0.6 is 12.4 Å². The molecule has 90 valence electrons. The summed E-state index contributed by atoms with van der Waals surface area (Å²) < 4.78 is 4.55. The van der Waals surface area contributed by atoms with E-state index in [-0.39, 0.29) is 29.8 Å². The zero-order valence-corrected chi connectivity index (χ0v) is 10.1. The second kappa shape index (κ2) is 6.35. The van der Waals surface area contributed by atoms with Crippen molar-refractivity contribution in [2.24, 2.45) is 5.73 Å². The van der Waals surface area contributed by atoms with Gasteiger partial charge in [-0.05, 0) is 31.0 Å². The molecular weight excluding hydrogens is 230 g/mol. The van der Waals surface area contributed by atoms with Crippen molar-refractivity contribution in [3.63, 3.8) is 0 Å². The first-order chi connectivity index (χ1) is 7.04. The maximum absolute atomic E-state index is 11.3. The van der Waals surface area contributed by atoms with Gasteiger partial charge in [0.05, 0.1) is 7.11 Å². The van der Waals surface area contributed by atoms with Crippen LogP contribution in [0, 0.1) is 0 Å². The smallest absolute Gasteiger partial charge is 0.341 e. The van der Waals surface area contributed by atoms with Gasteiger partial charge in [-0.15, -0.1) is 12.4 Å². The summed E-state index contributed by atoms with van der Waals surface area (Å²) >= 11 is 0. The lowest BCUT2D eigenvalue weighted by molar-refractivity contribution is 0.0597. The number of esters is 1. The SMILES string of the molecule is COC(=O)c1cc(CC(C)N)ccc1O.Cl. The lowest BCUT2D eigenvalue weighted by Gasteiger charge is -2.08. The lowest BCUT2D eigenvalue weighted by atomic mass is 10.0. The van der Waals surface area contributed by atoms with Crippen molar-refractivity contribution >= 4 is 18.4 Å². The van der Waals surface area contributed by atoms with Gasteiger partial charge in [0, 0.05) is 6.04 Å². The normalized spacial score (nSPS) is 11.4. The van der Waals surface area contributed by atoms with Crippen molar-refractivity contribution < 1.29 is 14.6 Å². The molecule has 0 aliphatic carbocycles. The van der Waals surface area contributed by atoms with E-state index in [0.29, 0.717) is 6.42 Å². The fourth-order valence-electron chi connectivity index (χ4n) is 1.36. The number of rotatable bonds is 3. The molecular formula is C11H16ClNO3. The van der Waals surface area contributed by atoms with Crippen LogP contribution in [0.25, 0.3) is 0 Å². The molecule has 1 aromatic rings. The third-order valence-corrected chi connectivity index (χ3v) is 2.02. The van der Waals surface area contributed by atoms with Crippen LogP contribution in [-0.2, 0) is 11.2 Å². The van der Waals surface area contributed by atoms with Gasteiger partial charge < -0.3 is 15.6 Å². The molecule has 5 heteroatoms. The largest absolute Gasteiger partial charge is 0.507 e. The van der Waals surface area contributed by atoms with Gasteiger partial charge in [0.15, 0.2) is 0 Å². The fraction of sp³-hybridized carbons (Fsp3) is 0.364. The number of carbonyl (C=O) groups excluding carboxylic acids is 1. The summed E-state index contributed by atoms with van der Waals surface area (Å²) in [7, 11) is 1.28. The van der Waals surface area contributed by atoms with Gasteiger partial charge in [0.1, 0.15) is 11.3 Å². The van der Waals surface area contributed by atoms with E-state index in [1.807, 2.05) is 6.92 Å². The Morgan fingerprint density at radius 3 is 2.69 bits per heavy atom. The molecule has 1 atom stereocenters. The highest BCUT2D eigenvalue weighted by molar-refractivity contribution is 5.92. The van der Waals surface area contributed by atoms with Gasteiger partial charge in [0.25, 0.3) is 0 Å². The zero-order valence-electron chi connectivity index (χ0n) is 9.27. The van der Waals surface area contributed by atoms with E-state index in [1.54, 1.807) is 12.1 Å². The average molecular weight is 246 g/mol. The van der Waals surface area contributed by atoms with E-state index in [9.17, 15) is 9.90 Å². The number of hydrogen-bond donors (Lipinski definition) is 2. The molecule has 0 amide bonds.